The van der Waals surface area contributed by atoms with Crippen molar-refractivity contribution in [3.8, 4) is 11.4 Å². The maximum atomic E-state index is 13.1. The third-order valence-electron chi connectivity index (χ3n) is 6.03. The zero-order valence-electron chi connectivity index (χ0n) is 16.6. The number of amides is 1. The summed E-state index contributed by atoms with van der Waals surface area (Å²) in [6, 6.07) is 4.02. The van der Waals surface area contributed by atoms with Gasteiger partial charge in [-0.15, -0.1) is 10.2 Å². The second-order valence-corrected chi connectivity index (χ2v) is 7.94. The smallest absolute Gasteiger partial charge is 0.270 e. The van der Waals surface area contributed by atoms with Crippen molar-refractivity contribution in [2.75, 3.05) is 0 Å². The van der Waals surface area contributed by atoms with Gasteiger partial charge in [-0.25, -0.2) is 0 Å². The molecule has 4 heterocycles. The molecule has 0 fully saturated rings. The molecule has 0 bridgehead atoms. The molecule has 29 heavy (non-hydrogen) atoms. The molecular formula is C21H25N7O. The van der Waals surface area contributed by atoms with Crippen molar-refractivity contribution in [2.45, 2.75) is 57.5 Å². The highest BCUT2D eigenvalue weighted by Crippen LogP contribution is 2.25. The Bertz CT molecular complexity index is 1040. The molecule has 1 unspecified atom stereocenters. The van der Waals surface area contributed by atoms with E-state index in [1.54, 1.807) is 10.9 Å². The van der Waals surface area contributed by atoms with Crippen LogP contribution in [-0.4, -0.2) is 41.5 Å². The Kier molecular flexibility index (Phi) is 4.61. The van der Waals surface area contributed by atoms with E-state index in [0.29, 0.717) is 0 Å². The Balaban J connectivity index is 1.32. The van der Waals surface area contributed by atoms with Crippen LogP contribution < -0.4 is 5.32 Å². The molecule has 0 spiro atoms. The molecule has 5 rings (SSSR count). The van der Waals surface area contributed by atoms with E-state index in [2.05, 4.69) is 30.2 Å². The van der Waals surface area contributed by atoms with Gasteiger partial charge in [-0.3, -0.25) is 14.5 Å². The minimum atomic E-state index is -0.00158. The zero-order valence-corrected chi connectivity index (χ0v) is 16.6. The molecule has 1 N–H and O–H groups in total. The van der Waals surface area contributed by atoms with Crippen molar-refractivity contribution in [2.24, 2.45) is 7.05 Å². The van der Waals surface area contributed by atoms with E-state index in [0.717, 1.165) is 85.7 Å². The molecule has 3 aromatic rings. The van der Waals surface area contributed by atoms with Crippen LogP contribution in [0.25, 0.3) is 11.4 Å². The lowest BCUT2D eigenvalue weighted by Crippen LogP contribution is -2.36. The van der Waals surface area contributed by atoms with Gasteiger partial charge in [0.05, 0.1) is 5.69 Å². The highest BCUT2D eigenvalue weighted by atomic mass is 16.2. The summed E-state index contributed by atoms with van der Waals surface area (Å²) in [5, 5.41) is 16.6. The van der Waals surface area contributed by atoms with Crippen molar-refractivity contribution in [1.29, 1.82) is 0 Å². The van der Waals surface area contributed by atoms with Crippen LogP contribution in [0.3, 0.4) is 0 Å². The number of carbonyl (C=O) groups is 1. The molecule has 8 heteroatoms. The van der Waals surface area contributed by atoms with Crippen molar-refractivity contribution >= 4 is 5.91 Å². The van der Waals surface area contributed by atoms with E-state index in [-0.39, 0.29) is 11.9 Å². The Morgan fingerprint density at radius 3 is 2.93 bits per heavy atom. The van der Waals surface area contributed by atoms with Gasteiger partial charge in [0.2, 0.25) is 0 Å². The molecule has 0 saturated heterocycles. The fraction of sp³-hybridized carbons (Fsp3) is 0.476. The van der Waals surface area contributed by atoms with Gasteiger partial charge >= 0.3 is 0 Å². The molecule has 0 saturated carbocycles. The Hall–Kier alpha value is -3.03. The number of nitrogens with one attached hydrogen (secondary N) is 1. The van der Waals surface area contributed by atoms with Gasteiger partial charge in [-0.1, -0.05) is 0 Å². The highest BCUT2D eigenvalue weighted by molar-refractivity contribution is 5.94. The molecule has 1 atom stereocenters. The first kappa shape index (κ1) is 18.0. The largest absolute Gasteiger partial charge is 0.348 e. The van der Waals surface area contributed by atoms with Crippen LogP contribution in [0.2, 0.25) is 0 Å². The highest BCUT2D eigenvalue weighted by Gasteiger charge is 2.27. The number of nitrogens with zero attached hydrogens (tertiary/aromatic N) is 6. The first-order valence-corrected chi connectivity index (χ1v) is 10.4. The van der Waals surface area contributed by atoms with Crippen molar-refractivity contribution in [3.05, 3.63) is 47.3 Å². The van der Waals surface area contributed by atoms with Crippen molar-refractivity contribution < 1.29 is 4.79 Å². The summed E-state index contributed by atoms with van der Waals surface area (Å²) >= 11 is 0. The van der Waals surface area contributed by atoms with Crippen LogP contribution in [0.15, 0.2) is 24.5 Å². The van der Waals surface area contributed by atoms with E-state index in [4.69, 9.17) is 0 Å². The third kappa shape index (κ3) is 3.32. The quantitative estimate of drug-likeness (QED) is 0.738. The standard InChI is InChI=1S/C21H25N7O/c1-27-19(16-6-2-3-7-17(16)26-27)21(29)23-15-8-9-18-24-25-20(28(18)12-10-15)14-5-4-11-22-13-14/h4-5,11,13,15H,2-3,6-10,12H2,1H3,(H,23,29). The Morgan fingerprint density at radius 2 is 2.07 bits per heavy atom. The predicted molar refractivity (Wildman–Crippen MR) is 107 cm³/mol. The molecule has 0 aromatic carbocycles. The fourth-order valence-electron chi connectivity index (χ4n) is 4.56. The van der Waals surface area contributed by atoms with Crippen molar-refractivity contribution in [1.82, 2.24) is 34.8 Å². The Morgan fingerprint density at radius 1 is 1.17 bits per heavy atom. The first-order valence-electron chi connectivity index (χ1n) is 10.4. The molecule has 8 nitrogen and oxygen atoms in total. The lowest BCUT2D eigenvalue weighted by Gasteiger charge is -2.17. The van der Waals surface area contributed by atoms with Crippen LogP contribution in [-0.2, 0) is 32.9 Å². The minimum Gasteiger partial charge on any atom is -0.348 e. The topological polar surface area (TPSA) is 90.5 Å². The number of aromatic nitrogens is 6. The van der Waals surface area contributed by atoms with E-state index in [1.165, 1.54) is 0 Å². The number of pyridine rings is 1. The van der Waals surface area contributed by atoms with E-state index >= 15 is 0 Å². The van der Waals surface area contributed by atoms with Gasteiger partial charge in [-0.2, -0.15) is 5.10 Å². The van der Waals surface area contributed by atoms with Gasteiger partial charge in [0.25, 0.3) is 5.91 Å². The number of rotatable bonds is 3. The SMILES string of the molecule is Cn1nc2c(c1C(=O)NC1CCc3nnc(-c4cccnc4)n3CC1)CCCC2. The van der Waals surface area contributed by atoms with Crippen LogP contribution in [0, 0.1) is 0 Å². The summed E-state index contributed by atoms with van der Waals surface area (Å²) in [6.45, 7) is 0.779. The summed E-state index contributed by atoms with van der Waals surface area (Å²) in [5.41, 5.74) is 3.94. The van der Waals surface area contributed by atoms with Crippen LogP contribution in [0.4, 0.5) is 0 Å². The van der Waals surface area contributed by atoms with Crippen LogP contribution in [0.5, 0.6) is 0 Å². The molecule has 2 aliphatic rings. The van der Waals surface area contributed by atoms with Gasteiger partial charge in [0.15, 0.2) is 5.82 Å². The predicted octanol–water partition coefficient (Wildman–Crippen LogP) is 2.09. The number of hydrogen-bond donors (Lipinski definition) is 1. The van der Waals surface area contributed by atoms with Crippen LogP contribution in [0.1, 0.15) is 53.3 Å². The van der Waals surface area contributed by atoms with Gasteiger partial charge in [0, 0.05) is 49.6 Å². The lowest BCUT2D eigenvalue weighted by atomic mass is 9.95. The molecule has 1 aliphatic carbocycles. The molecule has 1 amide bonds. The molecule has 150 valence electrons. The number of carbonyl (C=O) groups excluding carboxylic acids is 1. The first-order chi connectivity index (χ1) is 14.2. The van der Waals surface area contributed by atoms with E-state index in [1.807, 2.05) is 25.4 Å². The zero-order chi connectivity index (χ0) is 19.8. The average Bonchev–Trinajstić information content (AvgIpc) is 3.24. The van der Waals surface area contributed by atoms with Crippen molar-refractivity contribution in [3.63, 3.8) is 0 Å². The second kappa shape index (κ2) is 7.42. The molecular weight excluding hydrogens is 366 g/mol. The fourth-order valence-corrected chi connectivity index (χ4v) is 4.56. The summed E-state index contributed by atoms with van der Waals surface area (Å²) < 4.78 is 3.92. The molecule has 0 radical (unpaired) electrons. The van der Waals surface area contributed by atoms with Gasteiger partial charge < -0.3 is 9.88 Å². The Labute approximate surface area is 169 Å². The number of fused-ring (bicyclic) bond motifs is 2. The number of hydrogen-bond acceptors (Lipinski definition) is 5. The summed E-state index contributed by atoms with van der Waals surface area (Å²) in [5.74, 6) is 1.82. The monoisotopic (exact) mass is 391 g/mol. The summed E-state index contributed by atoms with van der Waals surface area (Å²) in [6.07, 6.45) is 10.3. The summed E-state index contributed by atoms with van der Waals surface area (Å²) in [7, 11) is 1.88. The van der Waals surface area contributed by atoms with Gasteiger partial charge in [0.1, 0.15) is 11.5 Å². The van der Waals surface area contributed by atoms with E-state index in [9.17, 15) is 4.79 Å². The third-order valence-corrected chi connectivity index (χ3v) is 6.03. The second-order valence-electron chi connectivity index (χ2n) is 7.94. The van der Waals surface area contributed by atoms with Gasteiger partial charge in [-0.05, 0) is 50.7 Å². The molecule has 1 aliphatic heterocycles. The minimum absolute atomic E-state index is 0.00158. The maximum Gasteiger partial charge on any atom is 0.270 e. The maximum absolute atomic E-state index is 13.1. The van der Waals surface area contributed by atoms with Crippen LogP contribution >= 0.6 is 0 Å². The lowest BCUT2D eigenvalue weighted by molar-refractivity contribution is 0.0922. The normalized spacial score (nSPS) is 18.6. The van der Waals surface area contributed by atoms with E-state index < -0.39 is 0 Å². The average molecular weight is 391 g/mol. The summed E-state index contributed by atoms with van der Waals surface area (Å²) in [4.78, 5) is 17.3. The molecule has 3 aromatic heterocycles. The number of aryl methyl sites for hydroxylation is 3.